The third-order valence-corrected chi connectivity index (χ3v) is 5.47. The van der Waals surface area contributed by atoms with Gasteiger partial charge in [-0.2, -0.15) is 0 Å². The van der Waals surface area contributed by atoms with Gasteiger partial charge in [0.15, 0.2) is 11.5 Å². The zero-order chi connectivity index (χ0) is 19.4. The number of nitrogens with zero attached hydrogens (tertiary/aromatic N) is 2. The summed E-state index contributed by atoms with van der Waals surface area (Å²) in [5.41, 5.74) is 0.614. The van der Waals surface area contributed by atoms with Crippen LogP contribution < -0.4 is 9.47 Å². The van der Waals surface area contributed by atoms with Crippen molar-refractivity contribution in [2.24, 2.45) is 0 Å². The molecule has 1 aromatic carbocycles. The number of aryl methyl sites for hydroxylation is 1. The number of ether oxygens (including phenoxy) is 3. The Morgan fingerprint density at radius 1 is 1.19 bits per heavy atom. The highest BCUT2D eigenvalue weighted by Gasteiger charge is 2.44. The number of carbonyl (C=O) groups excluding carboxylic acids is 2. The Bertz CT molecular complexity index is 708. The van der Waals surface area contributed by atoms with Crippen LogP contribution in [0.3, 0.4) is 0 Å². The van der Waals surface area contributed by atoms with E-state index in [1.54, 1.807) is 26.2 Å². The maximum absolute atomic E-state index is 12.7. The van der Waals surface area contributed by atoms with E-state index in [-0.39, 0.29) is 12.0 Å². The van der Waals surface area contributed by atoms with Crippen LogP contribution in [-0.4, -0.2) is 68.3 Å². The van der Waals surface area contributed by atoms with Gasteiger partial charge in [0.1, 0.15) is 5.60 Å². The molecule has 2 saturated heterocycles. The average Bonchev–Trinajstić information content (AvgIpc) is 2.83. The third kappa shape index (κ3) is 4.28. The Hall–Kier alpha value is -2.44. The lowest BCUT2D eigenvalue weighted by Gasteiger charge is -2.25. The molecule has 2 fully saturated rings. The van der Waals surface area contributed by atoms with E-state index in [1.807, 2.05) is 23.1 Å². The SMILES string of the molecule is COc1ccc(CCC(=O)N2CCCC3(CC2)CN(C)C(=O)O3)cc1OC. The lowest BCUT2D eigenvalue weighted by molar-refractivity contribution is -0.131. The fourth-order valence-corrected chi connectivity index (χ4v) is 3.91. The van der Waals surface area contributed by atoms with Crippen molar-refractivity contribution in [2.75, 3.05) is 40.9 Å². The maximum atomic E-state index is 12.7. The van der Waals surface area contributed by atoms with Gasteiger partial charge in [0.25, 0.3) is 0 Å². The van der Waals surface area contributed by atoms with Crippen LogP contribution in [-0.2, 0) is 16.0 Å². The van der Waals surface area contributed by atoms with Crippen LogP contribution in [0.15, 0.2) is 18.2 Å². The van der Waals surface area contributed by atoms with Gasteiger partial charge < -0.3 is 24.0 Å². The molecule has 1 spiro atoms. The number of carbonyl (C=O) groups is 2. The number of likely N-dealkylation sites (tertiary alicyclic amines) is 1. The van der Waals surface area contributed by atoms with Crippen molar-refractivity contribution in [3.8, 4) is 11.5 Å². The van der Waals surface area contributed by atoms with Gasteiger partial charge in [-0.25, -0.2) is 4.79 Å². The van der Waals surface area contributed by atoms with Crippen molar-refractivity contribution < 1.29 is 23.8 Å². The molecular weight excluding hydrogens is 348 g/mol. The van der Waals surface area contributed by atoms with Crippen molar-refractivity contribution in [1.29, 1.82) is 0 Å². The minimum absolute atomic E-state index is 0.138. The van der Waals surface area contributed by atoms with Crippen LogP contribution in [0.4, 0.5) is 4.79 Å². The summed E-state index contributed by atoms with van der Waals surface area (Å²) in [6.07, 6.45) is 3.20. The largest absolute Gasteiger partial charge is 0.493 e. The molecule has 148 valence electrons. The predicted molar refractivity (Wildman–Crippen MR) is 100 cm³/mol. The first-order chi connectivity index (χ1) is 13.0. The lowest BCUT2D eigenvalue weighted by Crippen LogP contribution is -2.36. The fourth-order valence-electron chi connectivity index (χ4n) is 3.91. The smallest absolute Gasteiger partial charge is 0.410 e. The Balaban J connectivity index is 1.55. The van der Waals surface area contributed by atoms with E-state index in [1.165, 1.54) is 0 Å². The third-order valence-electron chi connectivity index (χ3n) is 5.47. The van der Waals surface area contributed by atoms with E-state index < -0.39 is 5.60 Å². The molecule has 3 rings (SSSR count). The molecule has 2 amide bonds. The van der Waals surface area contributed by atoms with Gasteiger partial charge in [0.2, 0.25) is 5.91 Å². The van der Waals surface area contributed by atoms with Crippen molar-refractivity contribution in [3.05, 3.63) is 23.8 Å². The molecule has 0 bridgehead atoms. The molecule has 7 heteroatoms. The quantitative estimate of drug-likeness (QED) is 0.790. The van der Waals surface area contributed by atoms with Crippen molar-refractivity contribution in [3.63, 3.8) is 0 Å². The van der Waals surface area contributed by atoms with E-state index >= 15 is 0 Å². The van der Waals surface area contributed by atoms with Gasteiger partial charge in [0, 0.05) is 33.0 Å². The highest BCUT2D eigenvalue weighted by molar-refractivity contribution is 5.76. The first kappa shape index (κ1) is 19.3. The number of hydrogen-bond donors (Lipinski definition) is 0. The molecule has 0 aromatic heterocycles. The highest BCUT2D eigenvalue weighted by atomic mass is 16.6. The molecule has 0 radical (unpaired) electrons. The number of rotatable bonds is 5. The topological polar surface area (TPSA) is 68.3 Å². The zero-order valence-corrected chi connectivity index (χ0v) is 16.3. The number of methoxy groups -OCH3 is 2. The predicted octanol–water partition coefficient (Wildman–Crippen LogP) is 2.47. The minimum Gasteiger partial charge on any atom is -0.493 e. The number of hydrogen-bond acceptors (Lipinski definition) is 5. The number of likely N-dealkylation sites (N-methyl/N-ethyl adjacent to an activating group) is 1. The summed E-state index contributed by atoms with van der Waals surface area (Å²) in [7, 11) is 4.97. The molecule has 2 heterocycles. The summed E-state index contributed by atoms with van der Waals surface area (Å²) in [6, 6.07) is 5.73. The highest BCUT2D eigenvalue weighted by Crippen LogP contribution is 2.33. The fraction of sp³-hybridized carbons (Fsp3) is 0.600. The van der Waals surface area contributed by atoms with Crippen LogP contribution in [0.1, 0.15) is 31.2 Å². The van der Waals surface area contributed by atoms with Gasteiger partial charge in [-0.15, -0.1) is 0 Å². The molecule has 7 nitrogen and oxygen atoms in total. The number of amides is 2. The lowest BCUT2D eigenvalue weighted by atomic mass is 9.95. The summed E-state index contributed by atoms with van der Waals surface area (Å²) in [6.45, 7) is 1.96. The molecular formula is C20H28N2O5. The van der Waals surface area contributed by atoms with Crippen LogP contribution in [0, 0.1) is 0 Å². The van der Waals surface area contributed by atoms with Gasteiger partial charge >= 0.3 is 6.09 Å². The summed E-state index contributed by atoms with van der Waals surface area (Å²) < 4.78 is 16.2. The van der Waals surface area contributed by atoms with Crippen molar-refractivity contribution in [1.82, 2.24) is 9.80 Å². The normalized spacial score (nSPS) is 22.6. The van der Waals surface area contributed by atoms with E-state index in [2.05, 4.69) is 0 Å². The first-order valence-corrected chi connectivity index (χ1v) is 9.39. The second kappa shape index (κ2) is 8.06. The second-order valence-electron chi connectivity index (χ2n) is 7.33. The van der Waals surface area contributed by atoms with Crippen LogP contribution >= 0.6 is 0 Å². The van der Waals surface area contributed by atoms with Crippen molar-refractivity contribution >= 4 is 12.0 Å². The van der Waals surface area contributed by atoms with E-state index in [4.69, 9.17) is 14.2 Å². The molecule has 1 atom stereocenters. The molecule has 1 unspecified atom stereocenters. The van der Waals surface area contributed by atoms with Gasteiger partial charge in [-0.3, -0.25) is 4.79 Å². The zero-order valence-electron chi connectivity index (χ0n) is 16.3. The summed E-state index contributed by atoms with van der Waals surface area (Å²) >= 11 is 0. The van der Waals surface area contributed by atoms with E-state index in [0.717, 1.165) is 18.4 Å². The molecule has 0 aliphatic carbocycles. The first-order valence-electron chi connectivity index (χ1n) is 9.39. The van der Waals surface area contributed by atoms with Gasteiger partial charge in [-0.1, -0.05) is 6.07 Å². The average molecular weight is 376 g/mol. The van der Waals surface area contributed by atoms with Crippen LogP contribution in [0.25, 0.3) is 0 Å². The van der Waals surface area contributed by atoms with Crippen LogP contribution in [0.5, 0.6) is 11.5 Å². The standard InChI is InChI=1S/C20H28N2O5/c1-21-14-20(27-19(21)24)9-4-11-22(12-10-20)18(23)8-6-15-5-7-16(25-2)17(13-15)26-3/h5,7,13H,4,6,8-12,14H2,1-3H3. The van der Waals surface area contributed by atoms with E-state index in [0.29, 0.717) is 50.4 Å². The molecule has 0 N–H and O–H groups in total. The van der Waals surface area contributed by atoms with Gasteiger partial charge in [0.05, 0.1) is 20.8 Å². The van der Waals surface area contributed by atoms with Crippen molar-refractivity contribution in [2.45, 2.75) is 37.7 Å². The van der Waals surface area contributed by atoms with Gasteiger partial charge in [-0.05, 0) is 37.0 Å². The maximum Gasteiger partial charge on any atom is 0.410 e. The monoisotopic (exact) mass is 376 g/mol. The summed E-state index contributed by atoms with van der Waals surface area (Å²) in [5, 5.41) is 0. The Morgan fingerprint density at radius 2 is 1.96 bits per heavy atom. The van der Waals surface area contributed by atoms with Crippen LogP contribution in [0.2, 0.25) is 0 Å². The Morgan fingerprint density at radius 3 is 2.63 bits per heavy atom. The summed E-state index contributed by atoms with van der Waals surface area (Å²) in [4.78, 5) is 27.9. The number of benzene rings is 1. The Kier molecular flexibility index (Phi) is 5.77. The summed E-state index contributed by atoms with van der Waals surface area (Å²) in [5.74, 6) is 1.49. The minimum atomic E-state index is -0.426. The molecule has 2 aliphatic heterocycles. The molecule has 2 aliphatic rings. The molecule has 27 heavy (non-hydrogen) atoms. The molecule has 1 aromatic rings. The second-order valence-corrected chi connectivity index (χ2v) is 7.33. The molecule has 0 saturated carbocycles. The van der Waals surface area contributed by atoms with E-state index in [9.17, 15) is 9.59 Å². The Labute approximate surface area is 160 Å².